The number of unbranched alkanes of at least 4 members (excludes halogenated alkanes) is 12. The molecule has 1 aliphatic rings. The molecular weight excluding hydrogens is 328 g/mol. The van der Waals surface area contributed by atoms with Crippen molar-refractivity contribution in [1.82, 2.24) is 0 Å². The van der Waals surface area contributed by atoms with E-state index in [1.165, 1.54) is 114 Å². The molecule has 27 heavy (non-hydrogen) atoms. The highest BCUT2D eigenvalue weighted by atomic mass is 16.6. The third kappa shape index (κ3) is 9.28. The molecule has 0 N–H and O–H groups in total. The maximum atomic E-state index is 5.90. The lowest BCUT2D eigenvalue weighted by Crippen LogP contribution is -1.96. The lowest BCUT2D eigenvalue weighted by Gasteiger charge is -2.08. The number of rotatable bonds is 17. The van der Waals surface area contributed by atoms with Gasteiger partial charge in [0.1, 0.15) is 6.10 Å². The molecule has 0 aromatic heterocycles. The van der Waals surface area contributed by atoms with Gasteiger partial charge in [0, 0.05) is 0 Å². The zero-order chi connectivity index (χ0) is 19.2. The van der Waals surface area contributed by atoms with Crippen molar-refractivity contribution in [2.75, 3.05) is 0 Å². The zero-order valence-electron chi connectivity index (χ0n) is 18.2. The Balaban J connectivity index is 1.46. The molecule has 0 aliphatic carbocycles. The van der Waals surface area contributed by atoms with Crippen LogP contribution in [0.3, 0.4) is 0 Å². The Morgan fingerprint density at radius 3 is 1.81 bits per heavy atom. The molecule has 1 heteroatoms. The molecule has 2 atom stereocenters. The fraction of sp³-hybridized carbons (Fsp3) is 0.769. The monoisotopic (exact) mass is 372 g/mol. The predicted octanol–water partition coefficient (Wildman–Crippen LogP) is 8.56. The fourth-order valence-corrected chi connectivity index (χ4v) is 4.29. The summed E-state index contributed by atoms with van der Waals surface area (Å²) < 4.78 is 5.90. The highest BCUT2D eigenvalue weighted by Gasteiger charge is 2.39. The molecule has 1 aliphatic heterocycles. The van der Waals surface area contributed by atoms with Crippen LogP contribution >= 0.6 is 0 Å². The van der Waals surface area contributed by atoms with Gasteiger partial charge in [-0.25, -0.2) is 0 Å². The first-order valence-electron chi connectivity index (χ1n) is 12.1. The van der Waals surface area contributed by atoms with Crippen LogP contribution in [0.5, 0.6) is 0 Å². The third-order valence-corrected chi connectivity index (χ3v) is 6.07. The quantitative estimate of drug-likeness (QED) is 0.197. The van der Waals surface area contributed by atoms with Crippen molar-refractivity contribution < 1.29 is 4.74 Å². The van der Waals surface area contributed by atoms with E-state index >= 15 is 0 Å². The maximum absolute atomic E-state index is 5.90. The van der Waals surface area contributed by atoms with Crippen molar-refractivity contribution in [2.24, 2.45) is 0 Å². The lowest BCUT2D eigenvalue weighted by atomic mass is 9.96. The summed E-state index contributed by atoms with van der Waals surface area (Å²) in [5, 5.41) is 0. The Bertz CT molecular complexity index is 481. The molecule has 0 amide bonds. The number of hydrogen-bond acceptors (Lipinski definition) is 1. The lowest BCUT2D eigenvalue weighted by molar-refractivity contribution is 0.364. The number of benzene rings is 1. The Labute approximate surface area is 169 Å². The second kappa shape index (κ2) is 14.2. The molecule has 0 spiro atoms. The smallest absolute Gasteiger partial charge is 0.109 e. The molecule has 1 nitrogen and oxygen atoms in total. The summed E-state index contributed by atoms with van der Waals surface area (Å²) in [6.45, 7) is 4.54. The molecule has 0 bridgehead atoms. The van der Waals surface area contributed by atoms with Crippen molar-refractivity contribution in [1.29, 1.82) is 0 Å². The number of hydrogen-bond donors (Lipinski definition) is 0. The molecule has 2 unspecified atom stereocenters. The Morgan fingerprint density at radius 2 is 1.22 bits per heavy atom. The highest BCUT2D eigenvalue weighted by Crippen LogP contribution is 2.42. The van der Waals surface area contributed by atoms with Crippen LogP contribution in [0.25, 0.3) is 0 Å². The van der Waals surface area contributed by atoms with Gasteiger partial charge in [-0.1, -0.05) is 122 Å². The molecule has 0 radical (unpaired) electrons. The largest absolute Gasteiger partial charge is 0.364 e. The molecule has 154 valence electrons. The first-order valence-corrected chi connectivity index (χ1v) is 12.1. The minimum Gasteiger partial charge on any atom is -0.364 e. The van der Waals surface area contributed by atoms with Gasteiger partial charge in [0.05, 0.1) is 6.10 Å². The van der Waals surface area contributed by atoms with Crippen LogP contribution in [0.4, 0.5) is 0 Å². The first kappa shape index (κ1) is 22.5. The summed E-state index contributed by atoms with van der Waals surface area (Å²) in [6.07, 6.45) is 23.1. The van der Waals surface area contributed by atoms with Crippen LogP contribution in [0.1, 0.15) is 127 Å². The Morgan fingerprint density at radius 1 is 0.667 bits per heavy atom. The van der Waals surface area contributed by atoms with Gasteiger partial charge in [0.25, 0.3) is 0 Å². The van der Waals surface area contributed by atoms with Crippen molar-refractivity contribution in [3.63, 3.8) is 0 Å². The minimum atomic E-state index is 0.392. The van der Waals surface area contributed by atoms with E-state index in [1.54, 1.807) is 0 Å². The van der Waals surface area contributed by atoms with Crippen LogP contribution in [0, 0.1) is 0 Å². The molecular formula is C26H44O. The van der Waals surface area contributed by atoms with E-state index in [9.17, 15) is 0 Å². The minimum absolute atomic E-state index is 0.392. The number of ether oxygens (including phenoxy) is 1. The summed E-state index contributed by atoms with van der Waals surface area (Å²) >= 11 is 0. The van der Waals surface area contributed by atoms with E-state index in [1.807, 2.05) is 0 Å². The van der Waals surface area contributed by atoms with Crippen molar-refractivity contribution in [2.45, 2.75) is 129 Å². The van der Waals surface area contributed by atoms with E-state index in [0.717, 1.165) is 0 Å². The normalized spacial score (nSPS) is 18.7. The van der Waals surface area contributed by atoms with Gasteiger partial charge in [-0.15, -0.1) is 0 Å². The Kier molecular flexibility index (Phi) is 11.8. The van der Waals surface area contributed by atoms with Crippen LogP contribution in [-0.4, -0.2) is 6.10 Å². The molecule has 1 fully saturated rings. The van der Waals surface area contributed by atoms with Gasteiger partial charge in [-0.2, -0.15) is 0 Å². The van der Waals surface area contributed by atoms with Crippen LogP contribution < -0.4 is 0 Å². The SMILES string of the molecule is CCCCCCCCCCCCCCCc1ccccc1C1OC1CCC. The Hall–Kier alpha value is -0.820. The summed E-state index contributed by atoms with van der Waals surface area (Å²) in [5.41, 5.74) is 3.00. The maximum Gasteiger partial charge on any atom is 0.109 e. The van der Waals surface area contributed by atoms with E-state index in [2.05, 4.69) is 38.1 Å². The van der Waals surface area contributed by atoms with Gasteiger partial charge >= 0.3 is 0 Å². The van der Waals surface area contributed by atoms with Crippen LogP contribution in [0.2, 0.25) is 0 Å². The number of epoxide rings is 1. The van der Waals surface area contributed by atoms with Gasteiger partial charge in [0.15, 0.2) is 0 Å². The summed E-state index contributed by atoms with van der Waals surface area (Å²) in [5.74, 6) is 0. The summed E-state index contributed by atoms with van der Waals surface area (Å²) in [6, 6.07) is 8.98. The standard InChI is InChI=1S/C26H44O/c1-3-5-6-7-8-9-10-11-12-13-14-15-16-20-23-21-17-18-22-24(23)26-25(27-26)19-4-2/h17-18,21-22,25-26H,3-16,19-20H2,1-2H3. The molecule has 2 rings (SSSR count). The summed E-state index contributed by atoms with van der Waals surface area (Å²) in [7, 11) is 0. The second-order valence-electron chi connectivity index (χ2n) is 8.58. The third-order valence-electron chi connectivity index (χ3n) is 6.07. The zero-order valence-corrected chi connectivity index (χ0v) is 18.2. The van der Waals surface area contributed by atoms with E-state index < -0.39 is 0 Å². The summed E-state index contributed by atoms with van der Waals surface area (Å²) in [4.78, 5) is 0. The molecule has 1 aromatic carbocycles. The van der Waals surface area contributed by atoms with Gasteiger partial charge in [0.2, 0.25) is 0 Å². The average Bonchev–Trinajstić information content (AvgIpc) is 3.45. The van der Waals surface area contributed by atoms with E-state index in [0.29, 0.717) is 12.2 Å². The van der Waals surface area contributed by atoms with Gasteiger partial charge < -0.3 is 4.74 Å². The van der Waals surface area contributed by atoms with Crippen LogP contribution in [-0.2, 0) is 11.2 Å². The molecule has 1 saturated heterocycles. The second-order valence-corrected chi connectivity index (χ2v) is 8.58. The van der Waals surface area contributed by atoms with Crippen LogP contribution in [0.15, 0.2) is 24.3 Å². The topological polar surface area (TPSA) is 12.5 Å². The van der Waals surface area contributed by atoms with E-state index in [4.69, 9.17) is 4.74 Å². The molecule has 0 saturated carbocycles. The number of aryl methyl sites for hydroxylation is 1. The highest BCUT2D eigenvalue weighted by molar-refractivity contribution is 5.32. The molecule has 1 heterocycles. The van der Waals surface area contributed by atoms with Gasteiger partial charge in [-0.3, -0.25) is 0 Å². The average molecular weight is 373 g/mol. The molecule has 1 aromatic rings. The van der Waals surface area contributed by atoms with Crippen molar-refractivity contribution in [3.8, 4) is 0 Å². The van der Waals surface area contributed by atoms with Gasteiger partial charge in [-0.05, 0) is 30.4 Å². The fourth-order valence-electron chi connectivity index (χ4n) is 4.29. The van der Waals surface area contributed by atoms with Crippen molar-refractivity contribution >= 4 is 0 Å². The van der Waals surface area contributed by atoms with E-state index in [-0.39, 0.29) is 0 Å². The predicted molar refractivity (Wildman–Crippen MR) is 118 cm³/mol. The first-order chi connectivity index (χ1) is 13.4. The van der Waals surface area contributed by atoms with Crippen molar-refractivity contribution in [3.05, 3.63) is 35.4 Å².